The molecule has 0 atom stereocenters. The van der Waals surface area contributed by atoms with Gasteiger partial charge in [0.05, 0.1) is 10.7 Å². The van der Waals surface area contributed by atoms with Crippen LogP contribution in [0, 0.1) is 6.92 Å². The van der Waals surface area contributed by atoms with Crippen molar-refractivity contribution in [1.82, 2.24) is 15.1 Å². The van der Waals surface area contributed by atoms with Crippen molar-refractivity contribution in [3.8, 4) is 0 Å². The molecule has 0 spiro atoms. The number of pyridine rings is 1. The predicted molar refractivity (Wildman–Crippen MR) is 60.5 cm³/mol. The first-order chi connectivity index (χ1) is 7.75. The molecule has 0 unspecified atom stereocenters. The summed E-state index contributed by atoms with van der Waals surface area (Å²) in [6, 6.07) is 1.82. The van der Waals surface area contributed by atoms with Crippen LogP contribution in [0.25, 0.3) is 0 Å². The van der Waals surface area contributed by atoms with E-state index < -0.39 is 0 Å². The fourth-order valence-corrected chi connectivity index (χ4v) is 1.45. The highest BCUT2D eigenvalue weighted by Crippen LogP contribution is 2.18. The average molecular weight is 239 g/mol. The van der Waals surface area contributed by atoms with E-state index in [4.69, 9.17) is 16.1 Å². The Bertz CT molecular complexity index is 471. The van der Waals surface area contributed by atoms with E-state index in [-0.39, 0.29) is 0 Å². The third-order valence-electron chi connectivity index (χ3n) is 2.00. The van der Waals surface area contributed by atoms with Crippen molar-refractivity contribution in [3.05, 3.63) is 35.2 Å². The predicted octanol–water partition coefficient (Wildman–Crippen LogP) is 2.08. The largest absolute Gasteiger partial charge is 0.383 e. The van der Waals surface area contributed by atoms with Crippen molar-refractivity contribution in [1.29, 1.82) is 0 Å². The van der Waals surface area contributed by atoms with E-state index >= 15 is 0 Å². The molecule has 6 heteroatoms. The third-order valence-corrected chi connectivity index (χ3v) is 2.30. The Morgan fingerprint density at radius 1 is 1.50 bits per heavy atom. The zero-order valence-corrected chi connectivity index (χ0v) is 9.53. The number of hydrogen-bond donors (Lipinski definition) is 1. The Morgan fingerprint density at radius 3 is 3.06 bits per heavy atom. The number of aromatic nitrogens is 3. The average Bonchev–Trinajstić information content (AvgIpc) is 2.67. The lowest BCUT2D eigenvalue weighted by atomic mass is 10.3. The van der Waals surface area contributed by atoms with E-state index in [1.54, 1.807) is 19.3 Å². The highest BCUT2D eigenvalue weighted by Gasteiger charge is 2.03. The Labute approximate surface area is 97.8 Å². The molecule has 0 aliphatic rings. The van der Waals surface area contributed by atoms with Crippen molar-refractivity contribution in [2.75, 3.05) is 11.9 Å². The summed E-state index contributed by atoms with van der Waals surface area (Å²) in [5, 5.41) is 7.48. The molecule has 2 aromatic heterocycles. The summed E-state index contributed by atoms with van der Waals surface area (Å²) >= 11 is 5.93. The minimum Gasteiger partial charge on any atom is -0.383 e. The van der Waals surface area contributed by atoms with E-state index in [0.29, 0.717) is 29.7 Å². The van der Waals surface area contributed by atoms with Gasteiger partial charge >= 0.3 is 0 Å². The lowest BCUT2D eigenvalue weighted by molar-refractivity contribution is 0.377. The Hall–Kier alpha value is -1.62. The maximum Gasteiger partial charge on any atom is 0.228 e. The topological polar surface area (TPSA) is 63.8 Å². The van der Waals surface area contributed by atoms with E-state index in [0.717, 1.165) is 5.69 Å². The normalized spacial score (nSPS) is 10.4. The summed E-state index contributed by atoms with van der Waals surface area (Å²) < 4.78 is 4.99. The molecular weight excluding hydrogens is 228 g/mol. The zero-order valence-electron chi connectivity index (χ0n) is 8.77. The molecule has 0 amide bonds. The molecule has 0 saturated carbocycles. The molecule has 0 aliphatic heterocycles. The van der Waals surface area contributed by atoms with Crippen molar-refractivity contribution in [2.45, 2.75) is 13.3 Å². The van der Waals surface area contributed by atoms with Crippen LogP contribution < -0.4 is 5.32 Å². The second kappa shape index (κ2) is 4.94. The standard InChI is InChI=1S/C10H11ClN4O/c1-7-14-10(16-15-7)3-5-13-9-2-4-12-6-8(9)11/h2,4,6H,3,5H2,1H3,(H,12,13). The van der Waals surface area contributed by atoms with Gasteiger partial charge in [0, 0.05) is 25.4 Å². The Kier molecular flexibility index (Phi) is 3.36. The fraction of sp³-hybridized carbons (Fsp3) is 0.300. The molecule has 2 rings (SSSR count). The lowest BCUT2D eigenvalue weighted by Gasteiger charge is -2.05. The fourth-order valence-electron chi connectivity index (χ4n) is 1.26. The molecule has 0 saturated heterocycles. The van der Waals surface area contributed by atoms with E-state index in [9.17, 15) is 0 Å². The molecule has 0 fully saturated rings. The van der Waals surface area contributed by atoms with E-state index in [2.05, 4.69) is 20.4 Å². The van der Waals surface area contributed by atoms with Gasteiger partial charge < -0.3 is 9.84 Å². The summed E-state index contributed by atoms with van der Waals surface area (Å²) in [7, 11) is 0. The number of hydrogen-bond acceptors (Lipinski definition) is 5. The number of nitrogens with one attached hydrogen (secondary N) is 1. The molecule has 5 nitrogen and oxygen atoms in total. The maximum absolute atomic E-state index is 5.93. The quantitative estimate of drug-likeness (QED) is 0.884. The molecule has 84 valence electrons. The van der Waals surface area contributed by atoms with Crippen LogP contribution in [0.1, 0.15) is 11.7 Å². The number of rotatable bonds is 4. The van der Waals surface area contributed by atoms with Gasteiger partial charge in [0.15, 0.2) is 5.82 Å². The second-order valence-electron chi connectivity index (χ2n) is 3.27. The molecule has 1 N–H and O–H groups in total. The van der Waals surface area contributed by atoms with E-state index in [1.165, 1.54) is 0 Å². The van der Waals surface area contributed by atoms with Crippen molar-refractivity contribution in [3.63, 3.8) is 0 Å². The molecule has 0 aliphatic carbocycles. The summed E-state index contributed by atoms with van der Waals surface area (Å²) in [6.45, 7) is 2.48. The molecule has 2 heterocycles. The SMILES string of the molecule is Cc1noc(CCNc2ccncc2Cl)n1. The highest BCUT2D eigenvalue weighted by molar-refractivity contribution is 6.33. The summed E-state index contributed by atoms with van der Waals surface area (Å²) in [5.74, 6) is 1.27. The van der Waals surface area contributed by atoms with Crippen LogP contribution in [0.5, 0.6) is 0 Å². The highest BCUT2D eigenvalue weighted by atomic mass is 35.5. The first-order valence-electron chi connectivity index (χ1n) is 4.88. The van der Waals surface area contributed by atoms with Crippen LogP contribution >= 0.6 is 11.6 Å². The first-order valence-corrected chi connectivity index (χ1v) is 5.26. The van der Waals surface area contributed by atoms with Crippen molar-refractivity contribution in [2.24, 2.45) is 0 Å². The first kappa shape index (κ1) is 10.9. The van der Waals surface area contributed by atoms with Gasteiger partial charge in [-0.3, -0.25) is 4.98 Å². The van der Waals surface area contributed by atoms with Gasteiger partial charge in [0.25, 0.3) is 0 Å². The molecule has 2 aromatic rings. The smallest absolute Gasteiger partial charge is 0.228 e. The van der Waals surface area contributed by atoms with Gasteiger partial charge in [-0.1, -0.05) is 16.8 Å². The second-order valence-corrected chi connectivity index (χ2v) is 3.67. The van der Waals surface area contributed by atoms with Crippen molar-refractivity contribution < 1.29 is 4.52 Å². The minimum atomic E-state index is 0.601. The number of halogens is 1. The minimum absolute atomic E-state index is 0.601. The third kappa shape index (κ3) is 2.70. The molecule has 0 radical (unpaired) electrons. The number of anilines is 1. The molecular formula is C10H11ClN4O. The molecule has 16 heavy (non-hydrogen) atoms. The summed E-state index contributed by atoms with van der Waals surface area (Å²) in [5.41, 5.74) is 0.855. The Morgan fingerprint density at radius 2 is 2.38 bits per heavy atom. The maximum atomic E-state index is 5.93. The lowest BCUT2D eigenvalue weighted by Crippen LogP contribution is -2.05. The molecule has 0 aromatic carbocycles. The summed E-state index contributed by atoms with van der Waals surface area (Å²) in [4.78, 5) is 8.00. The van der Waals surface area contributed by atoms with Crippen LogP contribution in [0.4, 0.5) is 5.69 Å². The monoisotopic (exact) mass is 238 g/mol. The van der Waals surface area contributed by atoms with Crippen LogP contribution in [0.2, 0.25) is 5.02 Å². The zero-order chi connectivity index (χ0) is 11.4. The van der Waals surface area contributed by atoms with Crippen LogP contribution in [-0.4, -0.2) is 21.7 Å². The van der Waals surface area contributed by atoms with Gasteiger partial charge in [0.1, 0.15) is 0 Å². The Balaban J connectivity index is 1.87. The van der Waals surface area contributed by atoms with Gasteiger partial charge in [-0.05, 0) is 13.0 Å². The van der Waals surface area contributed by atoms with Gasteiger partial charge in [-0.15, -0.1) is 0 Å². The van der Waals surface area contributed by atoms with E-state index in [1.807, 2.05) is 6.07 Å². The van der Waals surface area contributed by atoms with Crippen LogP contribution in [0.3, 0.4) is 0 Å². The summed E-state index contributed by atoms with van der Waals surface area (Å²) in [6.07, 6.45) is 3.95. The van der Waals surface area contributed by atoms with Crippen LogP contribution in [0.15, 0.2) is 23.0 Å². The van der Waals surface area contributed by atoms with Gasteiger partial charge in [-0.25, -0.2) is 0 Å². The van der Waals surface area contributed by atoms with Gasteiger partial charge in [-0.2, -0.15) is 4.98 Å². The van der Waals surface area contributed by atoms with Crippen LogP contribution in [-0.2, 0) is 6.42 Å². The van der Waals surface area contributed by atoms with Gasteiger partial charge in [0.2, 0.25) is 5.89 Å². The van der Waals surface area contributed by atoms with Crippen molar-refractivity contribution >= 4 is 17.3 Å². The number of aryl methyl sites for hydroxylation is 1. The number of nitrogens with zero attached hydrogens (tertiary/aromatic N) is 3. The molecule has 0 bridgehead atoms.